The Morgan fingerprint density at radius 2 is 2.00 bits per heavy atom. The number of benzene rings is 1. The number of aryl methyl sites for hydroxylation is 1. The number of nitrogens with one attached hydrogen (secondary N) is 1. The predicted octanol–water partition coefficient (Wildman–Crippen LogP) is 3.16. The number of aromatic nitrogens is 3. The van der Waals surface area contributed by atoms with Crippen LogP contribution in [0, 0.1) is 0 Å². The number of H-pyrrole nitrogens is 1. The third kappa shape index (κ3) is 3.67. The summed E-state index contributed by atoms with van der Waals surface area (Å²) < 4.78 is 7.58. The zero-order chi connectivity index (χ0) is 22.4. The Balaban J connectivity index is 1.26. The lowest BCUT2D eigenvalue weighted by molar-refractivity contribution is 0.0297. The van der Waals surface area contributed by atoms with E-state index in [1.54, 1.807) is 0 Å². The molecule has 1 aromatic carbocycles. The van der Waals surface area contributed by atoms with E-state index in [4.69, 9.17) is 9.84 Å². The van der Waals surface area contributed by atoms with Gasteiger partial charge in [-0.2, -0.15) is 5.10 Å². The number of amides is 1. The molecule has 0 bridgehead atoms. The number of ether oxygens (including phenoxy) is 1. The first-order valence-electron chi connectivity index (χ1n) is 12.5. The Morgan fingerprint density at radius 3 is 2.85 bits per heavy atom. The highest BCUT2D eigenvalue weighted by molar-refractivity contribution is 5.94. The highest BCUT2D eigenvalue weighted by Crippen LogP contribution is 2.33. The first kappa shape index (κ1) is 20.9. The third-order valence-corrected chi connectivity index (χ3v) is 7.69. The number of carbonyl (C=O) groups excluding carboxylic acids is 1. The summed E-state index contributed by atoms with van der Waals surface area (Å²) in [6.45, 7) is 7.64. The molecule has 1 aliphatic carbocycles. The van der Waals surface area contributed by atoms with Crippen molar-refractivity contribution < 1.29 is 9.53 Å². The van der Waals surface area contributed by atoms with Crippen molar-refractivity contribution >= 4 is 16.8 Å². The Kier molecular flexibility index (Phi) is 5.46. The van der Waals surface area contributed by atoms with Gasteiger partial charge < -0.3 is 14.6 Å². The zero-order valence-electron chi connectivity index (χ0n) is 19.5. The van der Waals surface area contributed by atoms with Crippen molar-refractivity contribution in [1.29, 1.82) is 0 Å². The summed E-state index contributed by atoms with van der Waals surface area (Å²) in [5, 5.41) is 6.23. The summed E-state index contributed by atoms with van der Waals surface area (Å²) in [4.78, 5) is 21.6. The number of carbonyl (C=O) groups is 1. The van der Waals surface area contributed by atoms with Crippen molar-refractivity contribution in [2.45, 2.75) is 58.2 Å². The molecule has 1 amide bonds. The zero-order valence-corrected chi connectivity index (χ0v) is 19.5. The topological polar surface area (TPSA) is 66.4 Å². The van der Waals surface area contributed by atoms with Gasteiger partial charge >= 0.3 is 0 Å². The SMILES string of the molecule is CCCn1nc(C(=O)N2CCOCC2)c2c1CCC(N1CCc3c([nH]c4ccccc34)C1)C2. The van der Waals surface area contributed by atoms with E-state index in [0.29, 0.717) is 38.0 Å². The second-order valence-electron chi connectivity index (χ2n) is 9.65. The van der Waals surface area contributed by atoms with Crippen molar-refractivity contribution in [3.8, 4) is 0 Å². The average Bonchev–Trinajstić information content (AvgIpc) is 3.42. The number of morpholine rings is 1. The molecule has 0 saturated carbocycles. The molecular formula is C26H33N5O2. The van der Waals surface area contributed by atoms with Gasteiger partial charge in [0, 0.05) is 66.6 Å². The van der Waals surface area contributed by atoms with E-state index in [1.165, 1.54) is 33.4 Å². The van der Waals surface area contributed by atoms with Crippen LogP contribution in [-0.2, 0) is 37.1 Å². The van der Waals surface area contributed by atoms with Gasteiger partial charge in [-0.25, -0.2) is 0 Å². The molecule has 0 radical (unpaired) electrons. The van der Waals surface area contributed by atoms with Crippen LogP contribution in [0.3, 0.4) is 0 Å². The quantitative estimate of drug-likeness (QED) is 0.667. The van der Waals surface area contributed by atoms with E-state index in [2.05, 4.69) is 45.8 Å². The van der Waals surface area contributed by atoms with Gasteiger partial charge in [-0.05, 0) is 43.7 Å². The Morgan fingerprint density at radius 1 is 1.15 bits per heavy atom. The summed E-state index contributed by atoms with van der Waals surface area (Å²) >= 11 is 0. The Labute approximate surface area is 194 Å². The average molecular weight is 448 g/mol. The standard InChI is InChI=1S/C26H33N5O2/c1-2-10-31-24-8-7-18(16-21(24)25(28-31)26(32)29-12-14-33-15-13-29)30-11-9-20-19-5-3-4-6-22(19)27-23(20)17-30/h3-6,18,27H,2,7-17H2,1H3. The number of rotatable bonds is 4. The predicted molar refractivity (Wildman–Crippen MR) is 127 cm³/mol. The first-order chi connectivity index (χ1) is 16.2. The fourth-order valence-corrected chi connectivity index (χ4v) is 5.99. The molecule has 0 spiro atoms. The van der Waals surface area contributed by atoms with Crippen LogP contribution >= 0.6 is 0 Å². The molecular weight excluding hydrogens is 414 g/mol. The van der Waals surface area contributed by atoms with Gasteiger partial charge in [-0.15, -0.1) is 0 Å². The van der Waals surface area contributed by atoms with Crippen LogP contribution in [0.15, 0.2) is 24.3 Å². The van der Waals surface area contributed by atoms with E-state index in [0.717, 1.165) is 51.7 Å². The number of nitrogens with zero attached hydrogens (tertiary/aromatic N) is 4. The molecule has 1 atom stereocenters. The number of aromatic amines is 1. The van der Waals surface area contributed by atoms with E-state index in [1.807, 2.05) is 4.90 Å². The molecule has 7 nitrogen and oxygen atoms in total. The Bertz CT molecular complexity index is 1170. The van der Waals surface area contributed by atoms with Gasteiger partial charge in [-0.1, -0.05) is 25.1 Å². The molecule has 1 N–H and O–H groups in total. The second-order valence-corrected chi connectivity index (χ2v) is 9.65. The van der Waals surface area contributed by atoms with E-state index in [9.17, 15) is 4.79 Å². The van der Waals surface area contributed by atoms with Crippen LogP contribution in [0.25, 0.3) is 10.9 Å². The maximum atomic E-state index is 13.4. The highest BCUT2D eigenvalue weighted by Gasteiger charge is 2.35. The molecule has 1 unspecified atom stereocenters. The van der Waals surface area contributed by atoms with Crippen LogP contribution < -0.4 is 0 Å². The van der Waals surface area contributed by atoms with Gasteiger partial charge in [0.05, 0.1) is 13.2 Å². The summed E-state index contributed by atoms with van der Waals surface area (Å²) in [6.07, 6.45) is 5.15. The van der Waals surface area contributed by atoms with Crippen LogP contribution in [-0.4, -0.2) is 69.4 Å². The van der Waals surface area contributed by atoms with Gasteiger partial charge in [-0.3, -0.25) is 14.4 Å². The number of hydrogen-bond acceptors (Lipinski definition) is 4. The molecule has 3 aliphatic rings. The molecule has 1 fully saturated rings. The number of para-hydroxylation sites is 1. The lowest BCUT2D eigenvalue weighted by atomic mass is 9.88. The minimum atomic E-state index is 0.0848. The van der Waals surface area contributed by atoms with Gasteiger partial charge in [0.25, 0.3) is 5.91 Å². The molecule has 2 aliphatic heterocycles. The van der Waals surface area contributed by atoms with Gasteiger partial charge in [0.2, 0.25) is 0 Å². The first-order valence-corrected chi connectivity index (χ1v) is 12.5. The van der Waals surface area contributed by atoms with Crippen LogP contribution in [0.4, 0.5) is 0 Å². The van der Waals surface area contributed by atoms with Crippen molar-refractivity contribution in [1.82, 2.24) is 24.6 Å². The van der Waals surface area contributed by atoms with E-state index in [-0.39, 0.29) is 5.91 Å². The molecule has 3 aromatic rings. The summed E-state index contributed by atoms with van der Waals surface area (Å²) in [5.41, 5.74) is 7.26. The Hall–Kier alpha value is -2.64. The van der Waals surface area contributed by atoms with Crippen LogP contribution in [0.1, 0.15) is 52.8 Å². The smallest absolute Gasteiger partial charge is 0.274 e. The highest BCUT2D eigenvalue weighted by atomic mass is 16.5. The monoisotopic (exact) mass is 447 g/mol. The number of fused-ring (bicyclic) bond motifs is 4. The maximum absolute atomic E-state index is 13.4. The number of hydrogen-bond donors (Lipinski definition) is 1. The van der Waals surface area contributed by atoms with Crippen molar-refractivity contribution in [2.75, 3.05) is 32.8 Å². The second kappa shape index (κ2) is 8.61. The molecule has 33 heavy (non-hydrogen) atoms. The van der Waals surface area contributed by atoms with Crippen molar-refractivity contribution in [3.63, 3.8) is 0 Å². The minimum absolute atomic E-state index is 0.0848. The van der Waals surface area contributed by atoms with Gasteiger partial charge in [0.1, 0.15) is 0 Å². The lowest BCUT2D eigenvalue weighted by Gasteiger charge is -2.37. The van der Waals surface area contributed by atoms with E-state index >= 15 is 0 Å². The van der Waals surface area contributed by atoms with Crippen molar-refractivity contribution in [2.24, 2.45) is 0 Å². The molecule has 1 saturated heterocycles. The molecule has 174 valence electrons. The normalized spacial score (nSPS) is 21.2. The fraction of sp³-hybridized carbons (Fsp3) is 0.538. The summed E-state index contributed by atoms with van der Waals surface area (Å²) in [5.74, 6) is 0.0848. The van der Waals surface area contributed by atoms with Crippen LogP contribution in [0.2, 0.25) is 0 Å². The third-order valence-electron chi connectivity index (χ3n) is 7.69. The maximum Gasteiger partial charge on any atom is 0.274 e. The molecule has 6 rings (SSSR count). The molecule has 2 aromatic heterocycles. The summed E-state index contributed by atoms with van der Waals surface area (Å²) in [6, 6.07) is 9.10. The van der Waals surface area contributed by atoms with Crippen LogP contribution in [0.5, 0.6) is 0 Å². The molecule has 7 heteroatoms. The molecule has 4 heterocycles. The fourth-order valence-electron chi connectivity index (χ4n) is 5.99. The minimum Gasteiger partial charge on any atom is -0.378 e. The lowest BCUT2D eigenvalue weighted by Crippen LogP contribution is -2.43. The van der Waals surface area contributed by atoms with Crippen molar-refractivity contribution in [3.05, 3.63) is 52.5 Å². The van der Waals surface area contributed by atoms with E-state index < -0.39 is 0 Å². The van der Waals surface area contributed by atoms with Gasteiger partial charge in [0.15, 0.2) is 5.69 Å². The largest absolute Gasteiger partial charge is 0.378 e. The summed E-state index contributed by atoms with van der Waals surface area (Å²) in [7, 11) is 0.